The number of alkyl halides is 6. The molecule has 0 aliphatic heterocycles. The van der Waals surface area contributed by atoms with Crippen molar-refractivity contribution in [1.29, 1.82) is 0 Å². The molecule has 5 nitrogen and oxygen atoms in total. The van der Waals surface area contributed by atoms with E-state index in [0.717, 1.165) is 12.1 Å². The summed E-state index contributed by atoms with van der Waals surface area (Å²) in [6.07, 6.45) is -12.5. The van der Waals surface area contributed by atoms with Crippen LogP contribution in [0.1, 0.15) is 63.1 Å². The molecule has 0 aliphatic rings. The van der Waals surface area contributed by atoms with E-state index in [1.807, 2.05) is 0 Å². The van der Waals surface area contributed by atoms with E-state index in [1.54, 1.807) is 56.3 Å². The highest BCUT2D eigenvalue weighted by Crippen LogP contribution is 2.46. The van der Waals surface area contributed by atoms with E-state index in [9.17, 15) is 49.7 Å². The van der Waals surface area contributed by atoms with Gasteiger partial charge < -0.3 is 24.9 Å². The van der Waals surface area contributed by atoms with Gasteiger partial charge in [0.25, 0.3) is 0 Å². The second-order valence-electron chi connectivity index (χ2n) is 15.7. The maximum atomic E-state index is 14.0. The molecule has 0 spiro atoms. The Balaban J connectivity index is 0.000000219. The largest absolute Gasteiger partial charge is 0.496 e. The van der Waals surface area contributed by atoms with Crippen molar-refractivity contribution >= 4 is 21.8 Å². The predicted octanol–water partition coefficient (Wildman–Crippen LogP) is 11.2. The predicted molar refractivity (Wildman–Crippen MR) is 201 cm³/mol. The molecule has 14 heteroatoms. The molecule has 6 rings (SSSR count). The number of hydrogen-bond acceptors (Lipinski definition) is 3. The molecule has 2 unspecified atom stereocenters. The van der Waals surface area contributed by atoms with Crippen molar-refractivity contribution in [2.75, 3.05) is 7.11 Å². The third-order valence-electron chi connectivity index (χ3n) is 10.3. The first-order chi connectivity index (χ1) is 26.4. The number of nitrogens with one attached hydrogen (secondary N) is 2. The Labute approximate surface area is 323 Å². The van der Waals surface area contributed by atoms with E-state index in [2.05, 4.69) is 9.97 Å². The number of aromatic nitrogens is 2. The lowest BCUT2D eigenvalue weighted by Gasteiger charge is -2.38. The van der Waals surface area contributed by atoms with E-state index in [4.69, 9.17) is 4.74 Å². The smallest absolute Gasteiger partial charge is 0.417 e. The Morgan fingerprint density at radius 1 is 0.561 bits per heavy atom. The Morgan fingerprint density at radius 2 is 1.02 bits per heavy atom. The SMILES string of the molecule is CC(C)(CC(O)(Cc1cc2cccc(F)c2[nH]1)C(F)(F)F)c1ccccc1.COc1cc(F)ccc1C(C)(C)CC(O)(Cc1cc2cccc(F)c2[nH]1)C(F)(F)F. The van der Waals surface area contributed by atoms with Gasteiger partial charge in [-0.1, -0.05) is 88.4 Å². The van der Waals surface area contributed by atoms with Crippen molar-refractivity contribution in [3.05, 3.63) is 137 Å². The summed E-state index contributed by atoms with van der Waals surface area (Å²) in [6.45, 7) is 6.38. The zero-order valence-corrected chi connectivity index (χ0v) is 31.8. The van der Waals surface area contributed by atoms with Crippen LogP contribution in [0.5, 0.6) is 5.75 Å². The molecular formula is C43H43F9N2O3. The number of fused-ring (bicyclic) bond motifs is 2. The standard InChI is InChI=1S/C22H22F5NO2.C21H21F4NO/c1-20(2,16-8-7-14(23)10-18(16)30-3)12-21(29,22(25,26)27)11-15-9-13-5-4-6-17(24)19(13)28-15;1-19(2,15-8-4-3-5-9-15)13-20(27,21(23,24)25)12-16-11-14-7-6-10-17(22)18(14)26-16/h4-10,28-29H,11-12H2,1-3H3;3-11,26-27H,12-13H2,1-2H3. The average molecular weight is 807 g/mol. The van der Waals surface area contributed by atoms with E-state index in [1.165, 1.54) is 63.4 Å². The van der Waals surface area contributed by atoms with Crippen LogP contribution in [0.2, 0.25) is 0 Å². The molecular weight excluding hydrogens is 763 g/mol. The summed E-state index contributed by atoms with van der Waals surface area (Å²) >= 11 is 0. The van der Waals surface area contributed by atoms with Crippen LogP contribution in [-0.4, -0.2) is 50.8 Å². The number of para-hydroxylation sites is 2. The van der Waals surface area contributed by atoms with E-state index in [0.29, 0.717) is 21.9 Å². The summed E-state index contributed by atoms with van der Waals surface area (Å²) in [7, 11) is 1.29. The van der Waals surface area contributed by atoms with Gasteiger partial charge in [0.15, 0.2) is 11.2 Å². The van der Waals surface area contributed by atoms with E-state index < -0.39 is 77.5 Å². The number of H-pyrrole nitrogens is 2. The van der Waals surface area contributed by atoms with Gasteiger partial charge in [0.2, 0.25) is 0 Å². The number of benzene rings is 4. The van der Waals surface area contributed by atoms with Crippen LogP contribution >= 0.6 is 0 Å². The minimum Gasteiger partial charge on any atom is -0.496 e. The normalized spacial score (nSPS) is 14.9. The number of hydrogen-bond donors (Lipinski definition) is 4. The molecule has 0 amide bonds. The van der Waals surface area contributed by atoms with Gasteiger partial charge in [-0.25, -0.2) is 13.2 Å². The summed E-state index contributed by atoms with van der Waals surface area (Å²) < 4.78 is 130. The van der Waals surface area contributed by atoms with Gasteiger partial charge in [0, 0.05) is 46.6 Å². The lowest BCUT2D eigenvalue weighted by molar-refractivity contribution is -0.266. The first-order valence-electron chi connectivity index (χ1n) is 17.9. The molecule has 0 saturated carbocycles. The van der Waals surface area contributed by atoms with E-state index >= 15 is 0 Å². The second kappa shape index (κ2) is 15.8. The summed E-state index contributed by atoms with van der Waals surface area (Å²) in [5.74, 6) is -1.63. The molecule has 0 saturated heterocycles. The Kier molecular flexibility index (Phi) is 11.9. The molecule has 2 heterocycles. The van der Waals surface area contributed by atoms with Crippen molar-refractivity contribution in [1.82, 2.24) is 9.97 Å². The van der Waals surface area contributed by atoms with Crippen molar-refractivity contribution < 1.29 is 54.5 Å². The fraction of sp³-hybridized carbons (Fsp3) is 0.349. The van der Waals surface area contributed by atoms with Gasteiger partial charge in [0.1, 0.15) is 23.2 Å². The van der Waals surface area contributed by atoms with Gasteiger partial charge in [-0.3, -0.25) is 0 Å². The maximum Gasteiger partial charge on any atom is 0.417 e. The van der Waals surface area contributed by atoms with Gasteiger partial charge >= 0.3 is 12.4 Å². The molecule has 4 N–H and O–H groups in total. The maximum absolute atomic E-state index is 14.0. The van der Waals surface area contributed by atoms with Crippen LogP contribution in [0.25, 0.3) is 21.8 Å². The zero-order valence-electron chi connectivity index (χ0n) is 31.8. The summed E-state index contributed by atoms with van der Waals surface area (Å²) in [5, 5.41) is 22.3. The van der Waals surface area contributed by atoms with Crippen LogP contribution in [-0.2, 0) is 23.7 Å². The fourth-order valence-electron chi connectivity index (χ4n) is 7.47. The molecule has 0 aliphatic carbocycles. The Hall–Kier alpha value is -4.95. The topological polar surface area (TPSA) is 81.3 Å². The van der Waals surface area contributed by atoms with Gasteiger partial charge in [-0.2, -0.15) is 26.3 Å². The molecule has 2 atom stereocenters. The molecule has 6 aromatic rings. The van der Waals surface area contributed by atoms with Gasteiger partial charge in [0.05, 0.1) is 18.1 Å². The lowest BCUT2D eigenvalue weighted by Crippen LogP contribution is -2.51. The summed E-state index contributed by atoms with van der Waals surface area (Å²) in [4.78, 5) is 5.32. The van der Waals surface area contributed by atoms with Crippen LogP contribution < -0.4 is 4.74 Å². The van der Waals surface area contributed by atoms with Crippen molar-refractivity contribution in [2.45, 2.75) is 87.8 Å². The molecule has 2 aromatic heterocycles. The van der Waals surface area contributed by atoms with Crippen LogP contribution in [0.15, 0.2) is 97.1 Å². The van der Waals surface area contributed by atoms with E-state index in [-0.39, 0.29) is 28.2 Å². The highest BCUT2D eigenvalue weighted by atomic mass is 19.4. The zero-order chi connectivity index (χ0) is 42.2. The number of methoxy groups -OCH3 is 1. The number of aliphatic hydroxyl groups is 2. The van der Waals surface area contributed by atoms with Gasteiger partial charge in [-0.15, -0.1) is 0 Å². The highest BCUT2D eigenvalue weighted by Gasteiger charge is 2.57. The monoisotopic (exact) mass is 806 g/mol. The van der Waals surface area contributed by atoms with Crippen LogP contribution in [0.3, 0.4) is 0 Å². The van der Waals surface area contributed by atoms with Crippen molar-refractivity contribution in [2.24, 2.45) is 0 Å². The minimum absolute atomic E-state index is 0.0526. The minimum atomic E-state index is -4.96. The number of ether oxygens (including phenoxy) is 1. The quantitative estimate of drug-likeness (QED) is 0.0985. The third-order valence-corrected chi connectivity index (χ3v) is 10.3. The Morgan fingerprint density at radius 3 is 1.44 bits per heavy atom. The first kappa shape index (κ1) is 43.2. The summed E-state index contributed by atoms with van der Waals surface area (Å²) in [5.41, 5.74) is -6.76. The summed E-state index contributed by atoms with van der Waals surface area (Å²) in [6, 6.07) is 23.7. The van der Waals surface area contributed by atoms with Crippen molar-refractivity contribution in [3.8, 4) is 5.75 Å². The number of halogens is 9. The number of rotatable bonds is 11. The van der Waals surface area contributed by atoms with Crippen LogP contribution in [0, 0.1) is 17.5 Å². The van der Waals surface area contributed by atoms with Gasteiger partial charge in [-0.05, 0) is 59.6 Å². The van der Waals surface area contributed by atoms with Crippen molar-refractivity contribution in [3.63, 3.8) is 0 Å². The lowest BCUT2D eigenvalue weighted by atomic mass is 9.73. The number of aromatic amines is 2. The second-order valence-corrected chi connectivity index (χ2v) is 15.7. The fourth-order valence-corrected chi connectivity index (χ4v) is 7.47. The average Bonchev–Trinajstić information content (AvgIpc) is 3.72. The highest BCUT2D eigenvalue weighted by molar-refractivity contribution is 5.81. The van der Waals surface area contributed by atoms with Crippen LogP contribution in [0.4, 0.5) is 39.5 Å². The third kappa shape index (κ3) is 9.44. The molecule has 0 radical (unpaired) electrons. The Bertz CT molecular complexity index is 2310. The molecule has 0 bridgehead atoms. The molecule has 306 valence electrons. The molecule has 4 aromatic carbocycles. The molecule has 0 fully saturated rings. The molecule has 57 heavy (non-hydrogen) atoms. The first-order valence-corrected chi connectivity index (χ1v) is 17.9.